The van der Waals surface area contributed by atoms with Gasteiger partial charge in [-0.2, -0.15) is 0 Å². The topological polar surface area (TPSA) is 46.2 Å². The van der Waals surface area contributed by atoms with Gasteiger partial charge in [0.15, 0.2) is 0 Å². The van der Waals surface area contributed by atoms with E-state index in [9.17, 15) is 8.42 Å². The molecular weight excluding hydrogens is 282 g/mol. The van der Waals surface area contributed by atoms with E-state index in [0.29, 0.717) is 23.0 Å². The van der Waals surface area contributed by atoms with Gasteiger partial charge in [-0.15, -0.1) is 0 Å². The van der Waals surface area contributed by atoms with E-state index in [-0.39, 0.29) is 5.75 Å². The van der Waals surface area contributed by atoms with E-state index in [0.717, 1.165) is 12.8 Å². The van der Waals surface area contributed by atoms with Gasteiger partial charge in [0.1, 0.15) is 0 Å². The summed E-state index contributed by atoms with van der Waals surface area (Å²) in [5, 5.41) is 0.505. The molecule has 0 unspecified atom stereocenters. The van der Waals surface area contributed by atoms with Gasteiger partial charge in [-0.25, -0.2) is 13.1 Å². The van der Waals surface area contributed by atoms with Gasteiger partial charge >= 0.3 is 0 Å². The number of benzene rings is 1. The van der Waals surface area contributed by atoms with E-state index in [1.165, 1.54) is 19.3 Å². The third-order valence-electron chi connectivity index (χ3n) is 3.62. The van der Waals surface area contributed by atoms with Crippen molar-refractivity contribution in [2.24, 2.45) is 5.92 Å². The molecule has 106 valence electrons. The van der Waals surface area contributed by atoms with Crippen molar-refractivity contribution in [1.82, 2.24) is 4.72 Å². The molecule has 1 saturated carbocycles. The van der Waals surface area contributed by atoms with Crippen LogP contribution in [-0.2, 0) is 15.8 Å². The van der Waals surface area contributed by atoms with Crippen LogP contribution in [0.4, 0.5) is 0 Å². The van der Waals surface area contributed by atoms with Crippen LogP contribution in [-0.4, -0.2) is 15.0 Å². The van der Waals surface area contributed by atoms with E-state index >= 15 is 0 Å². The average molecular weight is 302 g/mol. The predicted molar refractivity (Wildman–Crippen MR) is 78.7 cm³/mol. The molecule has 0 saturated heterocycles. The lowest BCUT2D eigenvalue weighted by Gasteiger charge is -2.21. The SMILES string of the molecule is O=S(=O)(Cc1ccccc1Cl)NCC1CCCCC1. The lowest BCUT2D eigenvalue weighted by Crippen LogP contribution is -2.31. The zero-order valence-electron chi connectivity index (χ0n) is 10.9. The van der Waals surface area contributed by atoms with Crippen LogP contribution in [0.1, 0.15) is 37.7 Å². The van der Waals surface area contributed by atoms with Crippen molar-refractivity contribution >= 4 is 21.6 Å². The van der Waals surface area contributed by atoms with Gasteiger partial charge < -0.3 is 0 Å². The number of hydrogen-bond acceptors (Lipinski definition) is 2. The van der Waals surface area contributed by atoms with E-state index in [1.807, 2.05) is 0 Å². The summed E-state index contributed by atoms with van der Waals surface area (Å²) < 4.78 is 26.8. The molecule has 19 heavy (non-hydrogen) atoms. The minimum atomic E-state index is -3.29. The Labute approximate surface area is 120 Å². The molecule has 0 heterocycles. The second-order valence-electron chi connectivity index (χ2n) is 5.20. The van der Waals surface area contributed by atoms with E-state index in [2.05, 4.69) is 4.72 Å². The van der Waals surface area contributed by atoms with Crippen molar-refractivity contribution in [3.63, 3.8) is 0 Å². The maximum absolute atomic E-state index is 12.0. The minimum absolute atomic E-state index is 0.0423. The van der Waals surface area contributed by atoms with Gasteiger partial charge in [-0.1, -0.05) is 49.1 Å². The van der Waals surface area contributed by atoms with Crippen LogP contribution < -0.4 is 4.72 Å². The van der Waals surface area contributed by atoms with Crippen LogP contribution >= 0.6 is 11.6 Å². The van der Waals surface area contributed by atoms with Crippen molar-refractivity contribution in [3.05, 3.63) is 34.9 Å². The summed E-state index contributed by atoms with van der Waals surface area (Å²) in [7, 11) is -3.29. The zero-order chi connectivity index (χ0) is 13.7. The quantitative estimate of drug-likeness (QED) is 0.906. The fourth-order valence-corrected chi connectivity index (χ4v) is 4.04. The van der Waals surface area contributed by atoms with Crippen molar-refractivity contribution in [3.8, 4) is 0 Å². The summed E-state index contributed by atoms with van der Waals surface area (Å²) in [5.74, 6) is 0.453. The van der Waals surface area contributed by atoms with Crippen LogP contribution in [0.15, 0.2) is 24.3 Å². The van der Waals surface area contributed by atoms with Crippen molar-refractivity contribution in [2.75, 3.05) is 6.54 Å². The molecule has 1 aliphatic carbocycles. The molecule has 1 aromatic carbocycles. The molecule has 0 radical (unpaired) electrons. The average Bonchev–Trinajstić information content (AvgIpc) is 2.40. The zero-order valence-corrected chi connectivity index (χ0v) is 12.5. The first-order valence-corrected chi connectivity index (χ1v) is 8.80. The summed E-state index contributed by atoms with van der Waals surface area (Å²) in [4.78, 5) is 0. The number of rotatable bonds is 5. The monoisotopic (exact) mass is 301 g/mol. The van der Waals surface area contributed by atoms with E-state index in [1.54, 1.807) is 24.3 Å². The Morgan fingerprint density at radius 3 is 2.53 bits per heavy atom. The molecule has 0 spiro atoms. The number of hydrogen-bond donors (Lipinski definition) is 1. The molecule has 5 heteroatoms. The van der Waals surface area contributed by atoms with Gasteiger partial charge in [0, 0.05) is 11.6 Å². The van der Waals surface area contributed by atoms with E-state index in [4.69, 9.17) is 11.6 Å². The molecule has 1 fully saturated rings. The van der Waals surface area contributed by atoms with Gasteiger partial charge in [-0.05, 0) is 30.4 Å². The second kappa shape index (κ2) is 6.73. The molecule has 0 aliphatic heterocycles. The third-order valence-corrected chi connectivity index (χ3v) is 5.29. The first-order valence-electron chi connectivity index (χ1n) is 6.77. The van der Waals surface area contributed by atoms with E-state index < -0.39 is 10.0 Å². The third kappa shape index (κ3) is 4.79. The maximum Gasteiger partial charge on any atom is 0.215 e. The summed E-state index contributed by atoms with van der Waals surface area (Å²) >= 11 is 5.99. The molecule has 1 aliphatic rings. The van der Waals surface area contributed by atoms with Crippen molar-refractivity contribution < 1.29 is 8.42 Å². The fourth-order valence-electron chi connectivity index (χ4n) is 2.51. The normalized spacial score (nSPS) is 17.5. The smallest absolute Gasteiger partial charge is 0.215 e. The Morgan fingerprint density at radius 1 is 1.16 bits per heavy atom. The Kier molecular flexibility index (Phi) is 5.25. The van der Waals surface area contributed by atoms with Crippen LogP contribution in [0.25, 0.3) is 0 Å². The van der Waals surface area contributed by atoms with Gasteiger partial charge in [-0.3, -0.25) is 0 Å². The Bertz CT molecular complexity index is 510. The predicted octanol–water partition coefficient (Wildman–Crippen LogP) is 3.34. The largest absolute Gasteiger partial charge is 0.215 e. The van der Waals surface area contributed by atoms with Crippen LogP contribution in [0.2, 0.25) is 5.02 Å². The molecule has 3 nitrogen and oxygen atoms in total. The second-order valence-corrected chi connectivity index (χ2v) is 7.42. The Morgan fingerprint density at radius 2 is 1.84 bits per heavy atom. The minimum Gasteiger partial charge on any atom is -0.215 e. The summed E-state index contributed by atoms with van der Waals surface area (Å²) in [6, 6.07) is 7.07. The summed E-state index contributed by atoms with van der Waals surface area (Å²) in [6.07, 6.45) is 5.99. The first kappa shape index (κ1) is 14.8. The number of halogens is 1. The first-order chi connectivity index (χ1) is 9.07. The molecule has 2 rings (SSSR count). The highest BCUT2D eigenvalue weighted by Crippen LogP contribution is 2.23. The van der Waals surface area contributed by atoms with Crippen molar-refractivity contribution in [2.45, 2.75) is 37.9 Å². The summed E-state index contributed by atoms with van der Waals surface area (Å²) in [5.41, 5.74) is 0.653. The fraction of sp³-hybridized carbons (Fsp3) is 0.571. The molecule has 1 N–H and O–H groups in total. The Balaban J connectivity index is 1.90. The highest BCUT2D eigenvalue weighted by atomic mass is 35.5. The van der Waals surface area contributed by atoms with Crippen molar-refractivity contribution in [1.29, 1.82) is 0 Å². The standard InChI is InChI=1S/C14H20ClNO2S/c15-14-9-5-4-8-13(14)11-19(17,18)16-10-12-6-2-1-3-7-12/h4-5,8-9,12,16H,1-3,6-7,10-11H2. The summed E-state index contributed by atoms with van der Waals surface area (Å²) in [6.45, 7) is 0.562. The number of sulfonamides is 1. The lowest BCUT2D eigenvalue weighted by atomic mass is 9.90. The van der Waals surface area contributed by atoms with Gasteiger partial charge in [0.2, 0.25) is 10.0 Å². The molecule has 1 aromatic rings. The molecular formula is C14H20ClNO2S. The van der Waals surface area contributed by atoms with Crippen LogP contribution in [0.5, 0.6) is 0 Å². The molecule has 0 atom stereocenters. The molecule has 0 amide bonds. The number of nitrogens with one attached hydrogen (secondary N) is 1. The Hall–Kier alpha value is -0.580. The lowest BCUT2D eigenvalue weighted by molar-refractivity contribution is 0.357. The molecule has 0 aromatic heterocycles. The maximum atomic E-state index is 12.0. The highest BCUT2D eigenvalue weighted by Gasteiger charge is 2.18. The van der Waals surface area contributed by atoms with Crippen LogP contribution in [0.3, 0.4) is 0 Å². The van der Waals surface area contributed by atoms with Crippen LogP contribution in [0, 0.1) is 5.92 Å². The molecule has 0 bridgehead atoms. The van der Waals surface area contributed by atoms with Gasteiger partial charge in [0.25, 0.3) is 0 Å². The highest BCUT2D eigenvalue weighted by molar-refractivity contribution is 7.88. The van der Waals surface area contributed by atoms with Gasteiger partial charge in [0.05, 0.1) is 5.75 Å².